The maximum atomic E-state index is 13.5. The highest BCUT2D eigenvalue weighted by atomic mass is 16.2. The van der Waals surface area contributed by atoms with Gasteiger partial charge < -0.3 is 14.7 Å². The molecule has 0 spiro atoms. The number of rotatable bonds is 5. The van der Waals surface area contributed by atoms with E-state index >= 15 is 0 Å². The van der Waals surface area contributed by atoms with Gasteiger partial charge in [-0.05, 0) is 70.6 Å². The molecule has 0 radical (unpaired) electrons. The van der Waals surface area contributed by atoms with Gasteiger partial charge in [0.05, 0.1) is 11.4 Å². The van der Waals surface area contributed by atoms with Crippen LogP contribution in [0.5, 0.6) is 0 Å². The SMILES string of the molecule is CCN(CC)C(=O)c1ccc2c(c1)N(CC(=O)N1CCCCC1)C(=O)C1CCCCN21. The number of nitrogens with zero attached hydrogens (tertiary/aromatic N) is 4. The van der Waals surface area contributed by atoms with Crippen LogP contribution in [-0.4, -0.2) is 72.8 Å². The fourth-order valence-electron chi connectivity index (χ4n) is 5.13. The molecule has 3 aliphatic heterocycles. The van der Waals surface area contributed by atoms with Crippen LogP contribution in [0.3, 0.4) is 0 Å². The van der Waals surface area contributed by atoms with E-state index in [4.69, 9.17) is 0 Å². The molecular weight excluding hydrogens is 392 g/mol. The molecule has 1 aromatic rings. The molecule has 3 heterocycles. The van der Waals surface area contributed by atoms with Crippen molar-refractivity contribution in [2.45, 2.75) is 58.4 Å². The molecule has 1 unspecified atom stereocenters. The van der Waals surface area contributed by atoms with E-state index in [2.05, 4.69) is 4.90 Å². The highest BCUT2D eigenvalue weighted by Gasteiger charge is 2.40. The van der Waals surface area contributed by atoms with Crippen LogP contribution in [0.1, 0.15) is 62.7 Å². The smallest absolute Gasteiger partial charge is 0.253 e. The second kappa shape index (κ2) is 9.28. The molecule has 1 atom stereocenters. The van der Waals surface area contributed by atoms with Crippen molar-refractivity contribution in [3.8, 4) is 0 Å². The van der Waals surface area contributed by atoms with E-state index in [0.717, 1.165) is 63.8 Å². The van der Waals surface area contributed by atoms with Crippen LogP contribution in [0, 0.1) is 0 Å². The summed E-state index contributed by atoms with van der Waals surface area (Å²) in [6.45, 7) is 7.62. The minimum absolute atomic E-state index is 0.00346. The summed E-state index contributed by atoms with van der Waals surface area (Å²) in [6, 6.07) is 5.45. The predicted octanol–water partition coefficient (Wildman–Crippen LogP) is 2.89. The predicted molar refractivity (Wildman–Crippen MR) is 121 cm³/mol. The average Bonchev–Trinajstić information content (AvgIpc) is 2.82. The molecule has 2 fully saturated rings. The fraction of sp³-hybridized carbons (Fsp3) is 0.625. The summed E-state index contributed by atoms with van der Waals surface area (Å²) < 4.78 is 0. The zero-order chi connectivity index (χ0) is 22.0. The second-order valence-corrected chi connectivity index (χ2v) is 8.75. The summed E-state index contributed by atoms with van der Waals surface area (Å²) in [4.78, 5) is 47.0. The summed E-state index contributed by atoms with van der Waals surface area (Å²) in [5, 5.41) is 0. The number of benzene rings is 1. The zero-order valence-electron chi connectivity index (χ0n) is 18.8. The standard InChI is InChI=1S/C24H34N4O3/c1-3-25(4-2)23(30)18-11-12-19-21(16-18)28(17-22(29)26-13-7-5-8-14-26)24(31)20-10-6-9-15-27(19)20/h11-12,16,20H,3-10,13-15,17H2,1-2H3. The topological polar surface area (TPSA) is 64.2 Å². The molecular formula is C24H34N4O3. The van der Waals surface area contributed by atoms with Gasteiger partial charge >= 0.3 is 0 Å². The van der Waals surface area contributed by atoms with Crippen molar-refractivity contribution in [2.24, 2.45) is 0 Å². The third-order valence-electron chi connectivity index (χ3n) is 6.93. The average molecular weight is 427 g/mol. The molecule has 7 nitrogen and oxygen atoms in total. The molecule has 4 rings (SSSR count). The Bertz CT molecular complexity index is 845. The first-order valence-corrected chi connectivity index (χ1v) is 11.8. The van der Waals surface area contributed by atoms with E-state index < -0.39 is 0 Å². The van der Waals surface area contributed by atoms with Gasteiger partial charge in [0.15, 0.2) is 0 Å². The van der Waals surface area contributed by atoms with Crippen LogP contribution in [-0.2, 0) is 9.59 Å². The normalized spacial score (nSPS) is 20.9. The number of likely N-dealkylation sites (tertiary alicyclic amines) is 1. The minimum atomic E-state index is -0.209. The molecule has 7 heteroatoms. The molecule has 3 aliphatic rings. The molecule has 0 N–H and O–H groups in total. The van der Waals surface area contributed by atoms with Gasteiger partial charge in [0.1, 0.15) is 12.6 Å². The van der Waals surface area contributed by atoms with E-state index in [0.29, 0.717) is 24.3 Å². The lowest BCUT2D eigenvalue weighted by Gasteiger charge is -2.45. The molecule has 0 saturated carbocycles. The van der Waals surface area contributed by atoms with Gasteiger partial charge in [-0.25, -0.2) is 0 Å². The van der Waals surface area contributed by atoms with Crippen molar-refractivity contribution in [3.05, 3.63) is 23.8 Å². The van der Waals surface area contributed by atoms with E-state index in [9.17, 15) is 14.4 Å². The quantitative estimate of drug-likeness (QED) is 0.726. The first-order valence-electron chi connectivity index (χ1n) is 11.8. The Hall–Kier alpha value is -2.57. The first-order chi connectivity index (χ1) is 15.0. The molecule has 31 heavy (non-hydrogen) atoms. The highest BCUT2D eigenvalue weighted by molar-refractivity contribution is 6.09. The van der Waals surface area contributed by atoms with Gasteiger partial charge in [0.2, 0.25) is 11.8 Å². The van der Waals surface area contributed by atoms with Crippen molar-refractivity contribution in [3.63, 3.8) is 0 Å². The second-order valence-electron chi connectivity index (χ2n) is 8.75. The van der Waals surface area contributed by atoms with Gasteiger partial charge in [-0.15, -0.1) is 0 Å². The van der Waals surface area contributed by atoms with Crippen molar-refractivity contribution in [1.29, 1.82) is 0 Å². The van der Waals surface area contributed by atoms with Gasteiger partial charge in [-0.3, -0.25) is 19.3 Å². The molecule has 3 amide bonds. The Morgan fingerprint density at radius 3 is 2.39 bits per heavy atom. The monoisotopic (exact) mass is 426 g/mol. The molecule has 1 aromatic carbocycles. The Labute approximate surface area is 185 Å². The van der Waals surface area contributed by atoms with Crippen molar-refractivity contribution < 1.29 is 14.4 Å². The summed E-state index contributed by atoms with van der Waals surface area (Å²) in [5.74, 6) is -0.0444. The third kappa shape index (κ3) is 4.14. The largest absolute Gasteiger partial charge is 0.358 e. The van der Waals surface area contributed by atoms with Crippen LogP contribution in [0.15, 0.2) is 18.2 Å². The van der Waals surface area contributed by atoms with Crippen molar-refractivity contribution in [2.75, 3.05) is 49.1 Å². The number of amides is 3. The van der Waals surface area contributed by atoms with Gasteiger partial charge in [-0.2, -0.15) is 0 Å². The zero-order valence-corrected chi connectivity index (χ0v) is 18.8. The number of fused-ring (bicyclic) bond motifs is 3. The summed E-state index contributed by atoms with van der Waals surface area (Å²) in [6.07, 6.45) is 6.09. The summed E-state index contributed by atoms with van der Waals surface area (Å²) in [7, 11) is 0. The Kier molecular flexibility index (Phi) is 6.49. The Balaban J connectivity index is 1.68. The van der Waals surface area contributed by atoms with E-state index in [-0.39, 0.29) is 30.3 Å². The van der Waals surface area contributed by atoms with Crippen LogP contribution >= 0.6 is 0 Å². The minimum Gasteiger partial charge on any atom is -0.358 e. The van der Waals surface area contributed by atoms with Gasteiger partial charge in [0.25, 0.3) is 5.91 Å². The lowest BCUT2D eigenvalue weighted by molar-refractivity contribution is -0.132. The van der Waals surface area contributed by atoms with E-state index in [1.54, 1.807) is 9.80 Å². The summed E-state index contributed by atoms with van der Waals surface area (Å²) >= 11 is 0. The summed E-state index contributed by atoms with van der Waals surface area (Å²) in [5.41, 5.74) is 2.24. The van der Waals surface area contributed by atoms with Gasteiger partial charge in [0, 0.05) is 38.3 Å². The fourth-order valence-corrected chi connectivity index (χ4v) is 5.13. The number of hydrogen-bond acceptors (Lipinski definition) is 4. The highest BCUT2D eigenvalue weighted by Crippen LogP contribution is 2.40. The first kappa shape index (κ1) is 21.7. The van der Waals surface area contributed by atoms with E-state index in [1.807, 2.05) is 36.9 Å². The van der Waals surface area contributed by atoms with Crippen molar-refractivity contribution in [1.82, 2.24) is 9.80 Å². The maximum Gasteiger partial charge on any atom is 0.253 e. The Morgan fingerprint density at radius 1 is 0.968 bits per heavy atom. The Morgan fingerprint density at radius 2 is 1.68 bits per heavy atom. The van der Waals surface area contributed by atoms with Crippen LogP contribution in [0.2, 0.25) is 0 Å². The molecule has 168 valence electrons. The van der Waals surface area contributed by atoms with Crippen LogP contribution in [0.25, 0.3) is 0 Å². The number of hydrogen-bond donors (Lipinski definition) is 0. The molecule has 0 aromatic heterocycles. The van der Waals surface area contributed by atoms with Crippen LogP contribution < -0.4 is 9.80 Å². The maximum absolute atomic E-state index is 13.5. The number of piperidine rings is 2. The third-order valence-corrected chi connectivity index (χ3v) is 6.93. The molecule has 2 saturated heterocycles. The van der Waals surface area contributed by atoms with E-state index in [1.165, 1.54) is 0 Å². The lowest BCUT2D eigenvalue weighted by Crippen LogP contribution is -2.57. The lowest BCUT2D eigenvalue weighted by atomic mass is 9.95. The molecule has 0 aliphatic carbocycles. The van der Waals surface area contributed by atoms with Gasteiger partial charge in [-0.1, -0.05) is 0 Å². The van der Waals surface area contributed by atoms with Crippen LogP contribution in [0.4, 0.5) is 11.4 Å². The molecule has 0 bridgehead atoms. The number of carbonyl (C=O) groups is 3. The van der Waals surface area contributed by atoms with Crippen molar-refractivity contribution >= 4 is 29.1 Å². The number of carbonyl (C=O) groups excluding carboxylic acids is 3. The number of anilines is 2.